The number of rotatable bonds is 2. The van der Waals surface area contributed by atoms with Crippen molar-refractivity contribution in [2.45, 2.75) is 13.0 Å². The molecule has 1 N–H and O–H groups in total. The largest absolute Gasteiger partial charge is 0.445 e. The second-order valence-corrected chi connectivity index (χ2v) is 3.50. The number of morpholine rings is 1. The normalized spacial score (nSPS) is 22.1. The summed E-state index contributed by atoms with van der Waals surface area (Å²) in [6, 6.07) is 3.16. The van der Waals surface area contributed by atoms with Crippen LogP contribution in [0, 0.1) is 6.92 Å². The van der Waals surface area contributed by atoms with Crippen molar-refractivity contribution >= 4 is 11.8 Å². The van der Waals surface area contributed by atoms with Crippen LogP contribution in [0.4, 0.5) is 5.88 Å². The van der Waals surface area contributed by atoms with Crippen LogP contribution < -0.4 is 4.90 Å². The van der Waals surface area contributed by atoms with Gasteiger partial charge in [-0.05, 0) is 13.0 Å². The molecule has 1 amide bonds. The van der Waals surface area contributed by atoms with E-state index < -0.39 is 0 Å². The molecule has 0 aliphatic carbocycles. The Morgan fingerprint density at radius 2 is 2.40 bits per heavy atom. The molecule has 1 fully saturated rings. The van der Waals surface area contributed by atoms with E-state index in [1.807, 2.05) is 6.92 Å². The molecular weight excluding hydrogens is 198 g/mol. The molecule has 1 aromatic rings. The predicted octanol–water partition coefficient (Wildman–Crippen LogP) is 0.312. The maximum Gasteiger partial charge on any atom is 0.255 e. The van der Waals surface area contributed by atoms with E-state index in [1.165, 1.54) is 4.90 Å². The van der Waals surface area contributed by atoms with Crippen LogP contribution in [0.2, 0.25) is 0 Å². The fourth-order valence-corrected chi connectivity index (χ4v) is 1.62. The number of furan rings is 1. The topological polar surface area (TPSA) is 62.9 Å². The monoisotopic (exact) mass is 211 g/mol. The Labute approximate surface area is 87.2 Å². The number of anilines is 1. The molecule has 0 aromatic carbocycles. The SMILES string of the molecule is Cc1ccc(N2C(=O)COCC2CO)o1. The van der Waals surface area contributed by atoms with Gasteiger partial charge in [-0.3, -0.25) is 9.69 Å². The maximum atomic E-state index is 11.6. The van der Waals surface area contributed by atoms with Crippen LogP contribution in [0.5, 0.6) is 0 Å². The maximum absolute atomic E-state index is 11.6. The van der Waals surface area contributed by atoms with Crippen LogP contribution in [-0.4, -0.2) is 36.9 Å². The van der Waals surface area contributed by atoms with E-state index in [0.29, 0.717) is 12.5 Å². The van der Waals surface area contributed by atoms with E-state index in [-0.39, 0.29) is 25.2 Å². The van der Waals surface area contributed by atoms with Gasteiger partial charge in [0.2, 0.25) is 5.88 Å². The Bertz CT molecular complexity index is 360. The quantitative estimate of drug-likeness (QED) is 0.764. The summed E-state index contributed by atoms with van der Waals surface area (Å²) in [6.45, 7) is 2.05. The number of nitrogens with zero attached hydrogens (tertiary/aromatic N) is 1. The zero-order valence-electron chi connectivity index (χ0n) is 8.47. The number of hydrogen-bond acceptors (Lipinski definition) is 4. The molecule has 5 heteroatoms. The molecule has 1 aliphatic rings. The van der Waals surface area contributed by atoms with Crippen molar-refractivity contribution in [3.05, 3.63) is 17.9 Å². The van der Waals surface area contributed by atoms with E-state index in [1.54, 1.807) is 12.1 Å². The van der Waals surface area contributed by atoms with Crippen molar-refractivity contribution in [2.24, 2.45) is 0 Å². The molecule has 1 atom stereocenters. The fourth-order valence-electron chi connectivity index (χ4n) is 1.62. The zero-order valence-corrected chi connectivity index (χ0v) is 8.47. The molecule has 0 saturated carbocycles. The third-order valence-electron chi connectivity index (χ3n) is 2.34. The molecule has 0 radical (unpaired) electrons. The summed E-state index contributed by atoms with van der Waals surface area (Å²) in [6.07, 6.45) is 0. The lowest BCUT2D eigenvalue weighted by Gasteiger charge is -2.32. The van der Waals surface area contributed by atoms with Gasteiger partial charge in [0.25, 0.3) is 5.91 Å². The number of aryl methyl sites for hydroxylation is 1. The number of carbonyl (C=O) groups is 1. The third-order valence-corrected chi connectivity index (χ3v) is 2.34. The standard InChI is InChI=1S/C10H13NO4/c1-7-2-3-10(15-7)11-8(4-12)5-14-6-9(11)13/h2-3,8,12H,4-6H2,1H3. The van der Waals surface area contributed by atoms with Gasteiger partial charge >= 0.3 is 0 Å². The van der Waals surface area contributed by atoms with Gasteiger partial charge in [0, 0.05) is 6.07 Å². The highest BCUT2D eigenvalue weighted by atomic mass is 16.5. The molecule has 1 unspecified atom stereocenters. The molecule has 15 heavy (non-hydrogen) atoms. The molecule has 1 saturated heterocycles. The van der Waals surface area contributed by atoms with Gasteiger partial charge in [0.05, 0.1) is 19.3 Å². The van der Waals surface area contributed by atoms with Crippen LogP contribution in [0.15, 0.2) is 16.5 Å². The van der Waals surface area contributed by atoms with Crippen molar-refractivity contribution in [3.63, 3.8) is 0 Å². The number of amides is 1. The molecule has 0 bridgehead atoms. The Morgan fingerprint density at radius 1 is 1.60 bits per heavy atom. The molecule has 2 heterocycles. The van der Waals surface area contributed by atoms with Crippen LogP contribution in [0.25, 0.3) is 0 Å². The average molecular weight is 211 g/mol. The first-order valence-corrected chi connectivity index (χ1v) is 4.79. The molecule has 2 rings (SSSR count). The summed E-state index contributed by atoms with van der Waals surface area (Å²) in [7, 11) is 0. The lowest BCUT2D eigenvalue weighted by molar-refractivity contribution is -0.128. The van der Waals surface area contributed by atoms with E-state index in [9.17, 15) is 4.79 Å². The predicted molar refractivity (Wildman–Crippen MR) is 52.6 cm³/mol. The van der Waals surface area contributed by atoms with Gasteiger partial charge in [0.15, 0.2) is 0 Å². The van der Waals surface area contributed by atoms with Gasteiger partial charge in [0.1, 0.15) is 12.4 Å². The van der Waals surface area contributed by atoms with Crippen LogP contribution in [0.1, 0.15) is 5.76 Å². The summed E-state index contributed by atoms with van der Waals surface area (Å²) in [5.41, 5.74) is 0. The Kier molecular flexibility index (Phi) is 2.75. The minimum Gasteiger partial charge on any atom is -0.445 e. The first kappa shape index (κ1) is 10.2. The second kappa shape index (κ2) is 4.04. The highest BCUT2D eigenvalue weighted by Gasteiger charge is 2.31. The van der Waals surface area contributed by atoms with Gasteiger partial charge < -0.3 is 14.3 Å². The summed E-state index contributed by atoms with van der Waals surface area (Å²) in [4.78, 5) is 13.1. The fraction of sp³-hybridized carbons (Fsp3) is 0.500. The highest BCUT2D eigenvalue weighted by Crippen LogP contribution is 2.22. The van der Waals surface area contributed by atoms with E-state index in [0.717, 1.165) is 5.76 Å². The number of aliphatic hydroxyl groups is 1. The van der Waals surface area contributed by atoms with Crippen LogP contribution in [-0.2, 0) is 9.53 Å². The Balaban J connectivity index is 2.26. The van der Waals surface area contributed by atoms with Crippen LogP contribution in [0.3, 0.4) is 0 Å². The zero-order chi connectivity index (χ0) is 10.8. The van der Waals surface area contributed by atoms with E-state index >= 15 is 0 Å². The van der Waals surface area contributed by atoms with Crippen molar-refractivity contribution in [1.29, 1.82) is 0 Å². The molecule has 5 nitrogen and oxygen atoms in total. The highest BCUT2D eigenvalue weighted by molar-refractivity contribution is 5.94. The minimum atomic E-state index is -0.350. The third kappa shape index (κ3) is 1.88. The van der Waals surface area contributed by atoms with Crippen molar-refractivity contribution in [3.8, 4) is 0 Å². The molecular formula is C10H13NO4. The van der Waals surface area contributed by atoms with E-state index in [2.05, 4.69) is 0 Å². The van der Waals surface area contributed by atoms with Gasteiger partial charge in [-0.1, -0.05) is 0 Å². The molecule has 82 valence electrons. The summed E-state index contributed by atoms with van der Waals surface area (Å²) in [5.74, 6) is 1.02. The number of ether oxygens (including phenoxy) is 1. The first-order valence-electron chi connectivity index (χ1n) is 4.79. The van der Waals surface area contributed by atoms with Crippen molar-refractivity contribution in [1.82, 2.24) is 0 Å². The van der Waals surface area contributed by atoms with Crippen molar-refractivity contribution < 1.29 is 19.1 Å². The van der Waals surface area contributed by atoms with Gasteiger partial charge in [-0.2, -0.15) is 0 Å². The average Bonchev–Trinajstić information content (AvgIpc) is 2.64. The molecule has 1 aromatic heterocycles. The Hall–Kier alpha value is -1.33. The second-order valence-electron chi connectivity index (χ2n) is 3.50. The van der Waals surface area contributed by atoms with Gasteiger partial charge in [-0.15, -0.1) is 0 Å². The first-order chi connectivity index (χ1) is 7.22. The van der Waals surface area contributed by atoms with E-state index in [4.69, 9.17) is 14.3 Å². The van der Waals surface area contributed by atoms with Crippen molar-refractivity contribution in [2.75, 3.05) is 24.7 Å². The molecule has 0 spiro atoms. The smallest absolute Gasteiger partial charge is 0.255 e. The minimum absolute atomic E-state index is 0.0379. The lowest BCUT2D eigenvalue weighted by Crippen LogP contribution is -2.51. The summed E-state index contributed by atoms with van der Waals surface area (Å²) in [5, 5.41) is 9.13. The lowest BCUT2D eigenvalue weighted by atomic mass is 10.2. The molecule has 1 aliphatic heterocycles. The van der Waals surface area contributed by atoms with Crippen LogP contribution >= 0.6 is 0 Å². The summed E-state index contributed by atoms with van der Waals surface area (Å²) < 4.78 is 10.4. The summed E-state index contributed by atoms with van der Waals surface area (Å²) >= 11 is 0. The number of hydrogen-bond donors (Lipinski definition) is 1. The Morgan fingerprint density at radius 3 is 3.00 bits per heavy atom. The number of aliphatic hydroxyl groups excluding tert-OH is 1. The van der Waals surface area contributed by atoms with Gasteiger partial charge in [-0.25, -0.2) is 0 Å². The number of carbonyl (C=O) groups excluding carboxylic acids is 1.